The molecule has 16 heavy (non-hydrogen) atoms. The zero-order valence-electron chi connectivity index (χ0n) is 9.69. The molecule has 0 amide bonds. The maximum Gasteiger partial charge on any atom is 0.151 e. The van der Waals surface area contributed by atoms with E-state index in [1.165, 1.54) is 0 Å². The molecule has 0 aliphatic heterocycles. The van der Waals surface area contributed by atoms with Crippen molar-refractivity contribution in [2.45, 2.75) is 13.1 Å². The van der Waals surface area contributed by atoms with E-state index in [1.54, 1.807) is 7.11 Å². The van der Waals surface area contributed by atoms with Crippen molar-refractivity contribution >= 4 is 0 Å². The van der Waals surface area contributed by atoms with Gasteiger partial charge in [-0.15, -0.1) is 6.58 Å². The van der Waals surface area contributed by atoms with E-state index in [1.807, 2.05) is 12.1 Å². The highest BCUT2D eigenvalue weighted by molar-refractivity contribution is 5.04. The molecule has 0 aromatic carbocycles. The van der Waals surface area contributed by atoms with Gasteiger partial charge in [0.25, 0.3) is 0 Å². The van der Waals surface area contributed by atoms with Crippen LogP contribution in [0.1, 0.15) is 11.5 Å². The van der Waals surface area contributed by atoms with Gasteiger partial charge in [0.15, 0.2) is 5.76 Å². The van der Waals surface area contributed by atoms with Crippen LogP contribution < -0.4 is 5.73 Å². The maximum atomic E-state index is 5.46. The van der Waals surface area contributed by atoms with Crippen LogP contribution in [0.5, 0.6) is 0 Å². The van der Waals surface area contributed by atoms with E-state index in [0.29, 0.717) is 19.7 Å². The highest BCUT2D eigenvalue weighted by Gasteiger charge is 2.08. The molecule has 0 atom stereocenters. The number of nitrogens with two attached hydrogens (primary N) is 1. The molecule has 1 aromatic rings. The molecule has 0 spiro atoms. The Hall–Kier alpha value is -1.17. The number of rotatable bonds is 8. The van der Waals surface area contributed by atoms with Crippen LogP contribution in [0, 0.1) is 0 Å². The molecule has 0 fully saturated rings. The van der Waals surface area contributed by atoms with Crippen LogP contribution in [0.15, 0.2) is 23.2 Å². The quantitative estimate of drug-likeness (QED) is 0.662. The van der Waals surface area contributed by atoms with Gasteiger partial charge in [0.05, 0.1) is 18.8 Å². The number of hydrogen-bond donors (Lipinski definition) is 1. The minimum Gasteiger partial charge on any atom is -0.383 e. The van der Waals surface area contributed by atoms with Crippen molar-refractivity contribution in [3.8, 4) is 0 Å². The van der Waals surface area contributed by atoms with Crippen molar-refractivity contribution in [2.75, 3.05) is 26.8 Å². The predicted octanol–water partition coefficient (Wildman–Crippen LogP) is 0.768. The third-order valence-corrected chi connectivity index (χ3v) is 2.20. The third-order valence-electron chi connectivity index (χ3n) is 2.20. The highest BCUT2D eigenvalue weighted by Crippen LogP contribution is 2.06. The van der Waals surface area contributed by atoms with E-state index in [-0.39, 0.29) is 0 Å². The van der Waals surface area contributed by atoms with Crippen molar-refractivity contribution in [3.63, 3.8) is 0 Å². The van der Waals surface area contributed by atoms with Crippen LogP contribution in [0.4, 0.5) is 0 Å². The van der Waals surface area contributed by atoms with Gasteiger partial charge in [-0.3, -0.25) is 4.90 Å². The van der Waals surface area contributed by atoms with Gasteiger partial charge in [0.2, 0.25) is 0 Å². The predicted molar refractivity (Wildman–Crippen MR) is 61.7 cm³/mol. The normalized spacial score (nSPS) is 10.9. The minimum atomic E-state index is 0.406. The molecular formula is C11H19N3O2. The summed E-state index contributed by atoms with van der Waals surface area (Å²) in [5.74, 6) is 0.818. The van der Waals surface area contributed by atoms with E-state index >= 15 is 0 Å². The second-order valence-electron chi connectivity index (χ2n) is 3.51. The van der Waals surface area contributed by atoms with E-state index in [4.69, 9.17) is 15.0 Å². The average Bonchev–Trinajstić information content (AvgIpc) is 2.74. The number of methoxy groups -OCH3 is 1. The second kappa shape index (κ2) is 7.16. The lowest BCUT2D eigenvalue weighted by Crippen LogP contribution is -2.26. The molecule has 2 N–H and O–H groups in total. The molecule has 0 aliphatic rings. The minimum absolute atomic E-state index is 0.406. The van der Waals surface area contributed by atoms with E-state index in [2.05, 4.69) is 16.6 Å². The van der Waals surface area contributed by atoms with Crippen molar-refractivity contribution in [3.05, 3.63) is 30.2 Å². The van der Waals surface area contributed by atoms with Crippen LogP contribution in [-0.4, -0.2) is 36.9 Å². The molecule has 0 saturated carbocycles. The molecule has 0 bridgehead atoms. The summed E-state index contributed by atoms with van der Waals surface area (Å²) in [6, 6.07) is 1.88. The molecule has 5 nitrogen and oxygen atoms in total. The van der Waals surface area contributed by atoms with Crippen LogP contribution in [0.3, 0.4) is 0 Å². The van der Waals surface area contributed by atoms with Crippen molar-refractivity contribution < 1.29 is 9.26 Å². The van der Waals surface area contributed by atoms with Gasteiger partial charge in [0, 0.05) is 32.8 Å². The first-order chi connectivity index (χ1) is 7.80. The van der Waals surface area contributed by atoms with Crippen molar-refractivity contribution in [2.24, 2.45) is 5.73 Å². The first kappa shape index (κ1) is 12.9. The Bertz CT molecular complexity index is 312. The Morgan fingerprint density at radius 2 is 2.50 bits per heavy atom. The monoisotopic (exact) mass is 225 g/mol. The molecule has 5 heteroatoms. The smallest absolute Gasteiger partial charge is 0.151 e. The SMILES string of the molecule is C=CCN(CCOC)Cc1cc(CN)no1. The Morgan fingerprint density at radius 1 is 1.69 bits per heavy atom. The largest absolute Gasteiger partial charge is 0.383 e. The Morgan fingerprint density at radius 3 is 3.06 bits per heavy atom. The van der Waals surface area contributed by atoms with Gasteiger partial charge in [-0.05, 0) is 0 Å². The van der Waals surface area contributed by atoms with Gasteiger partial charge in [-0.1, -0.05) is 11.2 Å². The zero-order chi connectivity index (χ0) is 11.8. The number of hydrogen-bond acceptors (Lipinski definition) is 5. The molecule has 0 aliphatic carbocycles. The lowest BCUT2D eigenvalue weighted by Gasteiger charge is -2.18. The number of nitrogens with zero attached hydrogens (tertiary/aromatic N) is 2. The third kappa shape index (κ3) is 4.14. The summed E-state index contributed by atoms with van der Waals surface area (Å²) < 4.78 is 10.2. The Kier molecular flexibility index (Phi) is 5.77. The lowest BCUT2D eigenvalue weighted by molar-refractivity contribution is 0.144. The fraction of sp³-hybridized carbons (Fsp3) is 0.545. The summed E-state index contributed by atoms with van der Waals surface area (Å²) in [5.41, 5.74) is 6.24. The van der Waals surface area contributed by atoms with Crippen LogP contribution in [0.2, 0.25) is 0 Å². The maximum absolute atomic E-state index is 5.46. The molecular weight excluding hydrogens is 206 g/mol. The van der Waals surface area contributed by atoms with Gasteiger partial charge in [0.1, 0.15) is 0 Å². The summed E-state index contributed by atoms with van der Waals surface area (Å²) >= 11 is 0. The summed E-state index contributed by atoms with van der Waals surface area (Å²) in [5, 5.41) is 3.84. The fourth-order valence-corrected chi connectivity index (χ4v) is 1.38. The summed E-state index contributed by atoms with van der Waals surface area (Å²) in [7, 11) is 1.69. The van der Waals surface area contributed by atoms with E-state index < -0.39 is 0 Å². The second-order valence-corrected chi connectivity index (χ2v) is 3.51. The molecule has 0 radical (unpaired) electrons. The van der Waals surface area contributed by atoms with Crippen molar-refractivity contribution in [1.29, 1.82) is 0 Å². The average molecular weight is 225 g/mol. The number of aromatic nitrogens is 1. The molecule has 0 saturated heterocycles. The van der Waals surface area contributed by atoms with E-state index in [9.17, 15) is 0 Å². The summed E-state index contributed by atoms with van der Waals surface area (Å²) in [6.07, 6.45) is 1.86. The molecule has 1 aromatic heterocycles. The van der Waals surface area contributed by atoms with Crippen LogP contribution >= 0.6 is 0 Å². The van der Waals surface area contributed by atoms with Gasteiger partial charge < -0.3 is 15.0 Å². The molecule has 1 heterocycles. The zero-order valence-corrected chi connectivity index (χ0v) is 9.69. The Labute approximate surface area is 95.8 Å². The van der Waals surface area contributed by atoms with Crippen LogP contribution in [-0.2, 0) is 17.8 Å². The van der Waals surface area contributed by atoms with E-state index in [0.717, 1.165) is 24.5 Å². The fourth-order valence-electron chi connectivity index (χ4n) is 1.38. The summed E-state index contributed by atoms with van der Waals surface area (Å²) in [4.78, 5) is 2.16. The standard InChI is InChI=1S/C11H19N3O2/c1-3-4-14(5-6-15-2)9-11-7-10(8-12)13-16-11/h3,7H,1,4-6,8-9,12H2,2H3. The highest BCUT2D eigenvalue weighted by atomic mass is 16.5. The number of ether oxygens (including phenoxy) is 1. The first-order valence-electron chi connectivity index (χ1n) is 5.27. The van der Waals surface area contributed by atoms with Crippen LogP contribution in [0.25, 0.3) is 0 Å². The van der Waals surface area contributed by atoms with Gasteiger partial charge in [-0.25, -0.2) is 0 Å². The summed E-state index contributed by atoms with van der Waals surface area (Å²) in [6.45, 7) is 7.14. The lowest BCUT2D eigenvalue weighted by atomic mass is 10.3. The van der Waals surface area contributed by atoms with Gasteiger partial charge in [-0.2, -0.15) is 0 Å². The van der Waals surface area contributed by atoms with Crippen molar-refractivity contribution in [1.82, 2.24) is 10.1 Å². The molecule has 90 valence electrons. The first-order valence-corrected chi connectivity index (χ1v) is 5.27. The Balaban J connectivity index is 2.49. The van der Waals surface area contributed by atoms with Gasteiger partial charge >= 0.3 is 0 Å². The molecule has 0 unspecified atom stereocenters. The molecule has 1 rings (SSSR count). The topological polar surface area (TPSA) is 64.5 Å².